The Morgan fingerprint density at radius 1 is 1.13 bits per heavy atom. The van der Waals surface area contributed by atoms with Gasteiger partial charge in [-0.15, -0.1) is 11.3 Å². The third kappa shape index (κ3) is 5.44. The second-order valence-corrected chi connectivity index (χ2v) is 8.30. The molecular weight excluding hydrogens is 453 g/mol. The molecule has 1 aromatic heterocycles. The highest BCUT2D eigenvalue weighted by molar-refractivity contribution is 7.17. The first-order chi connectivity index (χ1) is 14.4. The molecule has 0 unspecified atom stereocenters. The Kier molecular flexibility index (Phi) is 7.58. The monoisotopic (exact) mass is 471 g/mol. The molecule has 1 aliphatic rings. The van der Waals surface area contributed by atoms with E-state index >= 15 is 0 Å². The Bertz CT molecular complexity index is 974. The van der Waals surface area contributed by atoms with E-state index in [0.717, 1.165) is 29.7 Å². The van der Waals surface area contributed by atoms with Gasteiger partial charge in [0.05, 0.1) is 17.2 Å². The molecule has 1 aliphatic carbocycles. The molecule has 0 atom stereocenters. The summed E-state index contributed by atoms with van der Waals surface area (Å²) in [6.07, 6.45) is 2.61. The summed E-state index contributed by atoms with van der Waals surface area (Å²) >= 11 is 13.1. The SMILES string of the molecule is CCOC(=O)c1c(NC(=O)COC(=O)COc2ccc(Cl)cc2Cl)sc2c1CCC2. The van der Waals surface area contributed by atoms with E-state index in [2.05, 4.69) is 5.32 Å². The summed E-state index contributed by atoms with van der Waals surface area (Å²) in [6.45, 7) is 1.03. The molecule has 0 fully saturated rings. The molecule has 1 N–H and O–H groups in total. The molecule has 160 valence electrons. The molecular formula is C20H19Cl2NO6S. The Morgan fingerprint density at radius 2 is 1.93 bits per heavy atom. The summed E-state index contributed by atoms with van der Waals surface area (Å²) in [7, 11) is 0. The average Bonchev–Trinajstić information content (AvgIpc) is 3.26. The lowest BCUT2D eigenvalue weighted by molar-refractivity contribution is -0.149. The normalized spacial score (nSPS) is 12.2. The van der Waals surface area contributed by atoms with Gasteiger partial charge < -0.3 is 19.5 Å². The van der Waals surface area contributed by atoms with Crippen LogP contribution in [0.5, 0.6) is 5.75 Å². The molecule has 2 aromatic rings. The molecule has 0 spiro atoms. The molecule has 0 aliphatic heterocycles. The molecule has 7 nitrogen and oxygen atoms in total. The van der Waals surface area contributed by atoms with E-state index in [1.807, 2.05) is 0 Å². The van der Waals surface area contributed by atoms with Crippen LogP contribution in [0.3, 0.4) is 0 Å². The zero-order valence-electron chi connectivity index (χ0n) is 16.1. The van der Waals surface area contributed by atoms with Gasteiger partial charge in [0.2, 0.25) is 0 Å². The topological polar surface area (TPSA) is 90.9 Å². The number of rotatable bonds is 8. The molecule has 1 aromatic carbocycles. The largest absolute Gasteiger partial charge is 0.480 e. The number of halogens is 2. The zero-order chi connectivity index (χ0) is 21.7. The third-order valence-electron chi connectivity index (χ3n) is 4.26. The van der Waals surface area contributed by atoms with Gasteiger partial charge in [-0.2, -0.15) is 0 Å². The molecule has 0 saturated carbocycles. The highest BCUT2D eigenvalue weighted by Gasteiger charge is 2.28. The lowest BCUT2D eigenvalue weighted by Gasteiger charge is -2.10. The molecule has 0 saturated heterocycles. The first-order valence-electron chi connectivity index (χ1n) is 9.24. The van der Waals surface area contributed by atoms with Crippen molar-refractivity contribution in [3.63, 3.8) is 0 Å². The first kappa shape index (κ1) is 22.4. The predicted octanol–water partition coefficient (Wildman–Crippen LogP) is 4.28. The number of nitrogens with one attached hydrogen (secondary N) is 1. The summed E-state index contributed by atoms with van der Waals surface area (Å²) in [6, 6.07) is 4.58. The number of aryl methyl sites for hydroxylation is 1. The smallest absolute Gasteiger partial charge is 0.344 e. The van der Waals surface area contributed by atoms with Crippen LogP contribution in [0.25, 0.3) is 0 Å². The van der Waals surface area contributed by atoms with E-state index in [0.29, 0.717) is 15.6 Å². The highest BCUT2D eigenvalue weighted by Crippen LogP contribution is 2.39. The van der Waals surface area contributed by atoms with Crippen molar-refractivity contribution in [1.82, 2.24) is 0 Å². The highest BCUT2D eigenvalue weighted by atomic mass is 35.5. The van der Waals surface area contributed by atoms with Crippen molar-refractivity contribution in [2.24, 2.45) is 0 Å². The van der Waals surface area contributed by atoms with Crippen LogP contribution in [0.4, 0.5) is 5.00 Å². The quantitative estimate of drug-likeness (QED) is 0.577. The molecule has 10 heteroatoms. The van der Waals surface area contributed by atoms with Gasteiger partial charge in [0.15, 0.2) is 13.2 Å². The van der Waals surface area contributed by atoms with Gasteiger partial charge in [-0.05, 0) is 49.9 Å². The van der Waals surface area contributed by atoms with Crippen molar-refractivity contribution in [2.75, 3.05) is 25.1 Å². The number of amides is 1. The van der Waals surface area contributed by atoms with Crippen molar-refractivity contribution in [2.45, 2.75) is 26.2 Å². The van der Waals surface area contributed by atoms with E-state index in [9.17, 15) is 14.4 Å². The maximum absolute atomic E-state index is 12.3. The van der Waals surface area contributed by atoms with Crippen LogP contribution in [0.15, 0.2) is 18.2 Å². The Balaban J connectivity index is 1.53. The number of carbonyl (C=O) groups is 3. The van der Waals surface area contributed by atoms with Crippen LogP contribution < -0.4 is 10.1 Å². The molecule has 0 bridgehead atoms. The maximum Gasteiger partial charge on any atom is 0.344 e. The summed E-state index contributed by atoms with van der Waals surface area (Å²) in [5, 5.41) is 3.76. The van der Waals surface area contributed by atoms with Crippen molar-refractivity contribution >= 4 is 57.4 Å². The van der Waals surface area contributed by atoms with Gasteiger partial charge in [0, 0.05) is 9.90 Å². The maximum atomic E-state index is 12.3. The third-order valence-corrected chi connectivity index (χ3v) is 6.00. The lowest BCUT2D eigenvalue weighted by Crippen LogP contribution is -2.24. The van der Waals surface area contributed by atoms with Crippen molar-refractivity contribution in [3.05, 3.63) is 44.2 Å². The number of hydrogen-bond donors (Lipinski definition) is 1. The fraction of sp³-hybridized carbons (Fsp3) is 0.350. The fourth-order valence-electron chi connectivity index (χ4n) is 2.99. The van der Waals surface area contributed by atoms with Crippen LogP contribution in [0, 0.1) is 0 Å². The van der Waals surface area contributed by atoms with Crippen LogP contribution in [0.2, 0.25) is 10.0 Å². The molecule has 1 heterocycles. The minimum absolute atomic E-state index is 0.242. The minimum Gasteiger partial charge on any atom is -0.480 e. The van der Waals surface area contributed by atoms with Gasteiger partial charge >= 0.3 is 11.9 Å². The number of carbonyl (C=O) groups excluding carboxylic acids is 3. The van der Waals surface area contributed by atoms with Gasteiger partial charge in [-0.3, -0.25) is 4.79 Å². The molecule has 3 rings (SSSR count). The number of fused-ring (bicyclic) bond motifs is 1. The number of hydrogen-bond acceptors (Lipinski definition) is 7. The number of esters is 2. The predicted molar refractivity (Wildman–Crippen MR) is 114 cm³/mol. The van der Waals surface area contributed by atoms with Gasteiger partial charge in [0.25, 0.3) is 5.91 Å². The van der Waals surface area contributed by atoms with Crippen LogP contribution >= 0.6 is 34.5 Å². The molecule has 0 radical (unpaired) electrons. The van der Waals surface area contributed by atoms with E-state index in [4.69, 9.17) is 37.4 Å². The average molecular weight is 472 g/mol. The van der Waals surface area contributed by atoms with Crippen LogP contribution in [-0.4, -0.2) is 37.7 Å². The van der Waals surface area contributed by atoms with E-state index < -0.39 is 31.1 Å². The minimum atomic E-state index is -0.740. The zero-order valence-corrected chi connectivity index (χ0v) is 18.4. The second-order valence-electron chi connectivity index (χ2n) is 6.35. The summed E-state index contributed by atoms with van der Waals surface area (Å²) in [5.74, 6) is -1.49. The van der Waals surface area contributed by atoms with Crippen molar-refractivity contribution < 1.29 is 28.6 Å². The van der Waals surface area contributed by atoms with Gasteiger partial charge in [-0.1, -0.05) is 23.2 Å². The summed E-state index contributed by atoms with van der Waals surface area (Å²) in [4.78, 5) is 37.5. The number of benzene rings is 1. The van der Waals surface area contributed by atoms with E-state index in [-0.39, 0.29) is 17.4 Å². The van der Waals surface area contributed by atoms with E-state index in [1.165, 1.54) is 23.5 Å². The van der Waals surface area contributed by atoms with Gasteiger partial charge in [0.1, 0.15) is 10.8 Å². The standard InChI is InChI=1S/C20H19Cl2NO6S/c1-2-27-20(26)18-12-4-3-5-15(12)30-19(18)23-16(24)9-29-17(25)10-28-14-7-6-11(21)8-13(14)22/h6-8H,2-5,9-10H2,1H3,(H,23,24). The van der Waals surface area contributed by atoms with Gasteiger partial charge in [-0.25, -0.2) is 9.59 Å². The second kappa shape index (κ2) is 10.1. The lowest BCUT2D eigenvalue weighted by atomic mass is 10.1. The first-order valence-corrected chi connectivity index (χ1v) is 10.8. The summed E-state index contributed by atoms with van der Waals surface area (Å²) < 4.78 is 15.3. The Morgan fingerprint density at radius 3 is 2.67 bits per heavy atom. The van der Waals surface area contributed by atoms with Crippen LogP contribution in [0.1, 0.15) is 34.1 Å². The molecule has 1 amide bonds. The van der Waals surface area contributed by atoms with Crippen LogP contribution in [-0.2, 0) is 31.9 Å². The number of ether oxygens (including phenoxy) is 3. The molecule has 30 heavy (non-hydrogen) atoms. The number of thiophene rings is 1. The van der Waals surface area contributed by atoms with Crippen molar-refractivity contribution in [3.8, 4) is 5.75 Å². The fourth-order valence-corrected chi connectivity index (χ4v) is 4.75. The number of anilines is 1. The Labute approximate surface area is 187 Å². The van der Waals surface area contributed by atoms with Crippen molar-refractivity contribution in [1.29, 1.82) is 0 Å². The Hall–Kier alpha value is -2.29. The van der Waals surface area contributed by atoms with E-state index in [1.54, 1.807) is 13.0 Å². The summed E-state index contributed by atoms with van der Waals surface area (Å²) in [5.41, 5.74) is 1.33.